The van der Waals surface area contributed by atoms with Gasteiger partial charge in [0.05, 0.1) is 12.1 Å². The molecule has 2 saturated heterocycles. The second kappa shape index (κ2) is 10.7. The van der Waals surface area contributed by atoms with Gasteiger partial charge in [0.25, 0.3) is 0 Å². The Labute approximate surface area is 163 Å². The van der Waals surface area contributed by atoms with Gasteiger partial charge in [-0.25, -0.2) is 0 Å². The van der Waals surface area contributed by atoms with E-state index in [1.807, 2.05) is 12.3 Å². The molecule has 3 rings (SSSR count). The van der Waals surface area contributed by atoms with Crippen LogP contribution in [0.5, 0.6) is 0 Å². The summed E-state index contributed by atoms with van der Waals surface area (Å²) in [4.78, 5) is 21.1. The number of carbonyl (C=O) groups excluding carboxylic acids is 1. The standard InChI is InChI=1S/C21H34N4O2/c26-20-17-25(16-18-7-6-10-22-15-18)13-8-19(20)23-21(27)9-14-24-11-4-2-1-3-5-12-24/h6-7,10,15,19-20,26H,1-5,8-9,11-14,16-17H2,(H,23,27). The summed E-state index contributed by atoms with van der Waals surface area (Å²) in [7, 11) is 0. The molecule has 6 heteroatoms. The van der Waals surface area contributed by atoms with E-state index in [-0.39, 0.29) is 11.9 Å². The SMILES string of the molecule is O=C(CCN1CCCCCCC1)NC1CCN(Cc2cccnc2)CC1O. The lowest BCUT2D eigenvalue weighted by Gasteiger charge is -2.36. The van der Waals surface area contributed by atoms with Crippen LogP contribution in [0.3, 0.4) is 0 Å². The van der Waals surface area contributed by atoms with Gasteiger partial charge < -0.3 is 15.3 Å². The molecule has 2 unspecified atom stereocenters. The van der Waals surface area contributed by atoms with Crippen molar-refractivity contribution in [3.05, 3.63) is 30.1 Å². The first-order chi connectivity index (χ1) is 13.2. The van der Waals surface area contributed by atoms with Crippen molar-refractivity contribution in [2.75, 3.05) is 32.7 Å². The third-order valence-electron chi connectivity index (χ3n) is 5.75. The molecule has 0 bridgehead atoms. The molecule has 1 amide bonds. The first-order valence-corrected chi connectivity index (χ1v) is 10.5. The second-order valence-electron chi connectivity index (χ2n) is 7.99. The summed E-state index contributed by atoms with van der Waals surface area (Å²) in [6.45, 7) is 5.32. The van der Waals surface area contributed by atoms with Crippen molar-refractivity contribution in [2.45, 2.75) is 63.6 Å². The molecule has 0 radical (unpaired) electrons. The average molecular weight is 375 g/mol. The van der Waals surface area contributed by atoms with Gasteiger partial charge in [0.1, 0.15) is 0 Å². The molecule has 2 atom stereocenters. The molecule has 2 aliphatic heterocycles. The molecule has 1 aromatic rings. The monoisotopic (exact) mass is 374 g/mol. The number of nitrogens with zero attached hydrogens (tertiary/aromatic N) is 3. The molecule has 1 aromatic heterocycles. The van der Waals surface area contributed by atoms with Gasteiger partial charge in [-0.2, -0.15) is 0 Å². The number of amides is 1. The Balaban J connectivity index is 1.37. The molecular formula is C21H34N4O2. The molecule has 150 valence electrons. The summed E-state index contributed by atoms with van der Waals surface area (Å²) in [5.41, 5.74) is 1.15. The fourth-order valence-corrected chi connectivity index (χ4v) is 4.13. The van der Waals surface area contributed by atoms with Crippen LogP contribution in [-0.4, -0.2) is 70.7 Å². The highest BCUT2D eigenvalue weighted by atomic mass is 16.3. The summed E-state index contributed by atoms with van der Waals surface area (Å²) in [5.74, 6) is 0.0711. The van der Waals surface area contributed by atoms with E-state index >= 15 is 0 Å². The lowest BCUT2D eigenvalue weighted by molar-refractivity contribution is -0.123. The van der Waals surface area contributed by atoms with Gasteiger partial charge in [0.2, 0.25) is 5.91 Å². The maximum absolute atomic E-state index is 12.4. The van der Waals surface area contributed by atoms with Crippen molar-refractivity contribution in [1.82, 2.24) is 20.1 Å². The lowest BCUT2D eigenvalue weighted by atomic mass is 10.0. The molecule has 0 aromatic carbocycles. The Morgan fingerprint density at radius 3 is 2.63 bits per heavy atom. The van der Waals surface area contributed by atoms with Crippen LogP contribution >= 0.6 is 0 Å². The highest BCUT2D eigenvalue weighted by molar-refractivity contribution is 5.76. The largest absolute Gasteiger partial charge is 0.390 e. The van der Waals surface area contributed by atoms with Crippen LogP contribution in [0.4, 0.5) is 0 Å². The van der Waals surface area contributed by atoms with E-state index < -0.39 is 6.10 Å². The Hall–Kier alpha value is -1.50. The Morgan fingerprint density at radius 2 is 1.93 bits per heavy atom. The van der Waals surface area contributed by atoms with Crippen LogP contribution in [0.25, 0.3) is 0 Å². The van der Waals surface area contributed by atoms with Crippen LogP contribution in [-0.2, 0) is 11.3 Å². The summed E-state index contributed by atoms with van der Waals surface area (Å²) in [6, 6.07) is 3.86. The zero-order valence-electron chi connectivity index (χ0n) is 16.4. The van der Waals surface area contributed by atoms with Gasteiger partial charge >= 0.3 is 0 Å². The van der Waals surface area contributed by atoms with Gasteiger partial charge in [-0.15, -0.1) is 0 Å². The fraction of sp³-hybridized carbons (Fsp3) is 0.714. The summed E-state index contributed by atoms with van der Waals surface area (Å²) in [5, 5.41) is 13.5. The van der Waals surface area contributed by atoms with Crippen LogP contribution in [0, 0.1) is 0 Å². The van der Waals surface area contributed by atoms with Crippen LogP contribution in [0.1, 0.15) is 50.5 Å². The molecular weight excluding hydrogens is 340 g/mol. The first-order valence-electron chi connectivity index (χ1n) is 10.5. The van der Waals surface area contributed by atoms with Crippen molar-refractivity contribution < 1.29 is 9.90 Å². The summed E-state index contributed by atoms with van der Waals surface area (Å²) in [6.07, 6.45) is 10.9. The van der Waals surface area contributed by atoms with Crippen molar-refractivity contribution in [3.63, 3.8) is 0 Å². The minimum absolute atomic E-state index is 0.0711. The highest BCUT2D eigenvalue weighted by Crippen LogP contribution is 2.15. The van der Waals surface area contributed by atoms with E-state index in [1.165, 1.54) is 32.1 Å². The number of pyridine rings is 1. The molecule has 2 N–H and O–H groups in total. The fourth-order valence-electron chi connectivity index (χ4n) is 4.13. The number of aliphatic hydroxyl groups excluding tert-OH is 1. The smallest absolute Gasteiger partial charge is 0.221 e. The Morgan fingerprint density at radius 1 is 1.15 bits per heavy atom. The topological polar surface area (TPSA) is 68.7 Å². The predicted molar refractivity (Wildman–Crippen MR) is 106 cm³/mol. The van der Waals surface area contributed by atoms with Gasteiger partial charge in [0, 0.05) is 45.0 Å². The quantitative estimate of drug-likeness (QED) is 0.795. The van der Waals surface area contributed by atoms with E-state index in [4.69, 9.17) is 0 Å². The number of nitrogens with one attached hydrogen (secondary N) is 1. The Bertz CT molecular complexity index is 561. The normalized spacial score (nSPS) is 25.5. The van der Waals surface area contributed by atoms with Crippen molar-refractivity contribution in [2.24, 2.45) is 0 Å². The molecule has 0 aliphatic carbocycles. The van der Waals surface area contributed by atoms with Crippen molar-refractivity contribution in [3.8, 4) is 0 Å². The number of aliphatic hydroxyl groups is 1. The molecule has 0 saturated carbocycles. The summed E-state index contributed by atoms with van der Waals surface area (Å²) < 4.78 is 0. The minimum Gasteiger partial charge on any atom is -0.390 e. The number of carbonyl (C=O) groups is 1. The van der Waals surface area contributed by atoms with Crippen LogP contribution in [0.15, 0.2) is 24.5 Å². The van der Waals surface area contributed by atoms with Gasteiger partial charge in [-0.1, -0.05) is 25.3 Å². The number of piperidine rings is 1. The summed E-state index contributed by atoms with van der Waals surface area (Å²) >= 11 is 0. The number of β-amino-alcohol motifs (C(OH)–C–C–N with tert-alkyl or cyclic N) is 1. The van der Waals surface area contributed by atoms with Gasteiger partial charge in [0.15, 0.2) is 0 Å². The zero-order chi connectivity index (χ0) is 18.9. The maximum atomic E-state index is 12.4. The maximum Gasteiger partial charge on any atom is 0.221 e. The third-order valence-corrected chi connectivity index (χ3v) is 5.75. The molecule has 27 heavy (non-hydrogen) atoms. The van der Waals surface area contributed by atoms with Crippen molar-refractivity contribution >= 4 is 5.91 Å². The zero-order valence-corrected chi connectivity index (χ0v) is 16.4. The molecule has 2 fully saturated rings. The minimum atomic E-state index is -0.513. The molecule has 0 spiro atoms. The molecule has 2 aliphatic rings. The Kier molecular flexibility index (Phi) is 8.05. The third kappa shape index (κ3) is 6.87. The first kappa shape index (κ1) is 20.2. The number of aromatic nitrogens is 1. The van der Waals surface area contributed by atoms with Gasteiger partial charge in [-0.3, -0.25) is 14.7 Å². The van der Waals surface area contributed by atoms with Crippen LogP contribution < -0.4 is 5.32 Å². The average Bonchev–Trinajstić information content (AvgIpc) is 2.64. The highest BCUT2D eigenvalue weighted by Gasteiger charge is 2.28. The van der Waals surface area contributed by atoms with Gasteiger partial charge in [-0.05, 0) is 44.0 Å². The van der Waals surface area contributed by atoms with E-state index in [9.17, 15) is 9.90 Å². The van der Waals surface area contributed by atoms with E-state index in [0.29, 0.717) is 13.0 Å². The van der Waals surface area contributed by atoms with Crippen molar-refractivity contribution in [1.29, 1.82) is 0 Å². The van der Waals surface area contributed by atoms with E-state index in [0.717, 1.165) is 44.7 Å². The van der Waals surface area contributed by atoms with Crippen LogP contribution in [0.2, 0.25) is 0 Å². The number of rotatable bonds is 6. The second-order valence-corrected chi connectivity index (χ2v) is 7.99. The molecule has 6 nitrogen and oxygen atoms in total. The van der Waals surface area contributed by atoms with E-state index in [2.05, 4.69) is 26.2 Å². The number of hydrogen-bond donors (Lipinski definition) is 2. The molecule has 3 heterocycles. The number of likely N-dealkylation sites (tertiary alicyclic amines) is 2. The number of hydrogen-bond acceptors (Lipinski definition) is 5. The predicted octanol–water partition coefficient (Wildman–Crippen LogP) is 1.79. The van der Waals surface area contributed by atoms with E-state index in [1.54, 1.807) is 6.20 Å². The lowest BCUT2D eigenvalue weighted by Crippen LogP contribution is -2.54.